The van der Waals surface area contributed by atoms with Crippen molar-refractivity contribution >= 4 is 17.5 Å². The molecule has 1 saturated carbocycles. The molecular weight excluding hydrogens is 328 g/mol. The van der Waals surface area contributed by atoms with E-state index in [0.29, 0.717) is 42.3 Å². The molecule has 1 amide bonds. The van der Waals surface area contributed by atoms with Gasteiger partial charge in [0, 0.05) is 18.6 Å². The molecule has 2 aliphatic rings. The Kier molecular flexibility index (Phi) is 5.51. The van der Waals surface area contributed by atoms with Crippen LogP contribution in [0.25, 0.3) is 0 Å². The number of hydrogen-bond donors (Lipinski definition) is 1. The minimum absolute atomic E-state index is 0.114. The second kappa shape index (κ2) is 7.62. The van der Waals surface area contributed by atoms with Gasteiger partial charge in [-0.15, -0.1) is 0 Å². The lowest BCUT2D eigenvalue weighted by molar-refractivity contribution is -0.128. The molecule has 3 rings (SSSR count). The lowest BCUT2D eigenvalue weighted by atomic mass is 9.87. The topological polar surface area (TPSA) is 50.8 Å². The molecule has 6 heteroatoms. The first kappa shape index (κ1) is 17.4. The first-order chi connectivity index (χ1) is 11.6. The van der Waals surface area contributed by atoms with Crippen molar-refractivity contribution < 1.29 is 14.3 Å². The largest absolute Gasteiger partial charge is 0.491 e. The Balaban J connectivity index is 1.82. The number of ether oxygens (including phenoxy) is 2. The molecule has 5 nitrogen and oxygen atoms in total. The van der Waals surface area contributed by atoms with Crippen molar-refractivity contribution in [3.05, 3.63) is 22.7 Å². The number of nitrogens with one attached hydrogen (secondary N) is 1. The van der Waals surface area contributed by atoms with Gasteiger partial charge in [0.1, 0.15) is 0 Å². The first-order valence-corrected chi connectivity index (χ1v) is 9.02. The van der Waals surface area contributed by atoms with Crippen molar-refractivity contribution in [2.45, 2.75) is 51.2 Å². The molecule has 1 N–H and O–H groups in total. The summed E-state index contributed by atoms with van der Waals surface area (Å²) in [4.78, 5) is 14.3. The van der Waals surface area contributed by atoms with Gasteiger partial charge in [0.15, 0.2) is 11.5 Å². The molecule has 0 radical (unpaired) electrons. The van der Waals surface area contributed by atoms with Gasteiger partial charge in [0.05, 0.1) is 25.3 Å². The van der Waals surface area contributed by atoms with Crippen LogP contribution in [0.2, 0.25) is 5.02 Å². The van der Waals surface area contributed by atoms with Crippen LogP contribution in [0.4, 0.5) is 0 Å². The van der Waals surface area contributed by atoms with E-state index in [9.17, 15) is 4.79 Å². The zero-order chi connectivity index (χ0) is 17.1. The summed E-state index contributed by atoms with van der Waals surface area (Å²) in [5.74, 6) is 1.33. The van der Waals surface area contributed by atoms with Gasteiger partial charge in [-0.25, -0.2) is 0 Å². The summed E-state index contributed by atoms with van der Waals surface area (Å²) in [7, 11) is 1.59. The number of nitrogens with zero attached hydrogens (tertiary/aromatic N) is 1. The summed E-state index contributed by atoms with van der Waals surface area (Å²) in [5.41, 5.74) is 1.04. The Morgan fingerprint density at radius 2 is 2.12 bits per heavy atom. The predicted octanol–water partition coefficient (Wildman–Crippen LogP) is 2.99. The SMILES string of the molecule is CCOc1cc(CN2CC(=O)NC3CCCCC32)cc(Cl)c1OC. The fourth-order valence-electron chi connectivity index (χ4n) is 3.85. The van der Waals surface area contributed by atoms with Gasteiger partial charge >= 0.3 is 0 Å². The van der Waals surface area contributed by atoms with Crippen molar-refractivity contribution in [2.24, 2.45) is 0 Å². The number of fused-ring (bicyclic) bond motifs is 1. The zero-order valence-electron chi connectivity index (χ0n) is 14.3. The predicted molar refractivity (Wildman–Crippen MR) is 93.8 cm³/mol. The Labute approximate surface area is 148 Å². The summed E-state index contributed by atoms with van der Waals surface area (Å²) in [5, 5.41) is 3.69. The maximum atomic E-state index is 12.0. The average molecular weight is 353 g/mol. The molecule has 1 aromatic rings. The van der Waals surface area contributed by atoms with Gasteiger partial charge in [0.25, 0.3) is 0 Å². The van der Waals surface area contributed by atoms with Crippen LogP contribution >= 0.6 is 11.6 Å². The fourth-order valence-corrected chi connectivity index (χ4v) is 4.16. The number of methoxy groups -OCH3 is 1. The number of carbonyl (C=O) groups excluding carboxylic acids is 1. The third-order valence-corrected chi connectivity index (χ3v) is 5.13. The molecular formula is C18H25ClN2O3. The quantitative estimate of drug-likeness (QED) is 0.885. The van der Waals surface area contributed by atoms with Gasteiger partial charge in [-0.1, -0.05) is 24.4 Å². The number of benzene rings is 1. The molecule has 1 aromatic carbocycles. The number of piperazine rings is 1. The van der Waals surface area contributed by atoms with Crippen LogP contribution in [0.15, 0.2) is 12.1 Å². The maximum absolute atomic E-state index is 12.0. The number of amides is 1. The standard InChI is InChI=1S/C18H25ClN2O3/c1-3-24-16-9-12(8-13(19)18(16)23-2)10-21-11-17(22)20-14-6-4-5-7-15(14)21/h8-9,14-15H,3-7,10-11H2,1-2H3,(H,20,22). The van der Waals surface area contributed by atoms with Gasteiger partial charge in [0.2, 0.25) is 5.91 Å². The van der Waals surface area contributed by atoms with E-state index in [1.165, 1.54) is 12.8 Å². The van der Waals surface area contributed by atoms with E-state index >= 15 is 0 Å². The number of rotatable bonds is 5. The van der Waals surface area contributed by atoms with Gasteiger partial charge in [-0.3, -0.25) is 9.69 Å². The summed E-state index contributed by atoms with van der Waals surface area (Å²) < 4.78 is 11.0. The first-order valence-electron chi connectivity index (χ1n) is 8.65. The normalized spacial score (nSPS) is 24.2. The van der Waals surface area contributed by atoms with Gasteiger partial charge < -0.3 is 14.8 Å². The lowest BCUT2D eigenvalue weighted by Gasteiger charge is -2.44. The van der Waals surface area contributed by atoms with Crippen LogP contribution in [-0.2, 0) is 11.3 Å². The summed E-state index contributed by atoms with van der Waals surface area (Å²) in [6.07, 6.45) is 4.62. The molecule has 132 valence electrons. The lowest BCUT2D eigenvalue weighted by Crippen LogP contribution is -2.61. The minimum atomic E-state index is 0.114. The molecule has 1 heterocycles. The van der Waals surface area contributed by atoms with Gasteiger partial charge in [-0.05, 0) is 37.5 Å². The minimum Gasteiger partial charge on any atom is -0.491 e. The highest BCUT2D eigenvalue weighted by Crippen LogP contribution is 2.37. The molecule has 1 aliphatic carbocycles. The van der Waals surface area contributed by atoms with Crippen LogP contribution in [0.3, 0.4) is 0 Å². The van der Waals surface area contributed by atoms with Crippen molar-refractivity contribution in [3.8, 4) is 11.5 Å². The molecule has 0 aromatic heterocycles. The van der Waals surface area contributed by atoms with Crippen LogP contribution in [0, 0.1) is 0 Å². The van der Waals surface area contributed by atoms with E-state index in [2.05, 4.69) is 10.2 Å². The third kappa shape index (κ3) is 3.62. The molecule has 1 saturated heterocycles. The van der Waals surface area contributed by atoms with Crippen LogP contribution < -0.4 is 14.8 Å². The number of carbonyl (C=O) groups is 1. The highest BCUT2D eigenvalue weighted by Gasteiger charge is 2.36. The summed E-state index contributed by atoms with van der Waals surface area (Å²) in [6.45, 7) is 3.61. The molecule has 1 aliphatic heterocycles. The smallest absolute Gasteiger partial charge is 0.234 e. The molecule has 0 bridgehead atoms. The number of halogens is 1. The molecule has 24 heavy (non-hydrogen) atoms. The summed E-state index contributed by atoms with van der Waals surface area (Å²) in [6, 6.07) is 4.57. The van der Waals surface area contributed by atoms with E-state index in [4.69, 9.17) is 21.1 Å². The number of hydrogen-bond acceptors (Lipinski definition) is 4. The third-order valence-electron chi connectivity index (χ3n) is 4.85. The van der Waals surface area contributed by atoms with Crippen molar-refractivity contribution in [2.75, 3.05) is 20.3 Å². The second-order valence-corrected chi connectivity index (χ2v) is 6.88. The van der Waals surface area contributed by atoms with E-state index in [1.807, 2.05) is 19.1 Å². The Hall–Kier alpha value is -1.46. The molecule has 2 atom stereocenters. The maximum Gasteiger partial charge on any atom is 0.234 e. The van der Waals surface area contributed by atoms with E-state index in [0.717, 1.165) is 18.4 Å². The molecule has 2 fully saturated rings. The highest BCUT2D eigenvalue weighted by molar-refractivity contribution is 6.32. The Bertz CT molecular complexity index is 608. The Morgan fingerprint density at radius 1 is 1.33 bits per heavy atom. The van der Waals surface area contributed by atoms with E-state index in [-0.39, 0.29) is 11.9 Å². The van der Waals surface area contributed by atoms with Crippen LogP contribution in [0.1, 0.15) is 38.2 Å². The monoisotopic (exact) mass is 352 g/mol. The fraction of sp³-hybridized carbons (Fsp3) is 0.611. The van der Waals surface area contributed by atoms with Crippen molar-refractivity contribution in [1.29, 1.82) is 0 Å². The molecule has 0 spiro atoms. The van der Waals surface area contributed by atoms with E-state index < -0.39 is 0 Å². The average Bonchev–Trinajstić information content (AvgIpc) is 2.55. The second-order valence-electron chi connectivity index (χ2n) is 6.47. The highest BCUT2D eigenvalue weighted by atomic mass is 35.5. The van der Waals surface area contributed by atoms with Crippen molar-refractivity contribution in [1.82, 2.24) is 10.2 Å². The van der Waals surface area contributed by atoms with Crippen molar-refractivity contribution in [3.63, 3.8) is 0 Å². The van der Waals surface area contributed by atoms with Gasteiger partial charge in [-0.2, -0.15) is 0 Å². The van der Waals surface area contributed by atoms with E-state index in [1.54, 1.807) is 7.11 Å². The van der Waals surface area contributed by atoms with Crippen LogP contribution in [0.5, 0.6) is 11.5 Å². The van der Waals surface area contributed by atoms with Crippen LogP contribution in [-0.4, -0.2) is 43.2 Å². The Morgan fingerprint density at radius 3 is 2.88 bits per heavy atom. The zero-order valence-corrected chi connectivity index (χ0v) is 15.1. The summed E-state index contributed by atoms with van der Waals surface area (Å²) >= 11 is 6.35. The molecule has 2 unspecified atom stereocenters.